The van der Waals surface area contributed by atoms with Crippen molar-refractivity contribution < 1.29 is 4.79 Å². The second-order valence-electron chi connectivity index (χ2n) is 6.22. The van der Waals surface area contributed by atoms with Gasteiger partial charge in [-0.1, -0.05) is 48.5 Å². The van der Waals surface area contributed by atoms with Gasteiger partial charge in [0.25, 0.3) is 5.56 Å². The molecule has 1 amide bonds. The first-order chi connectivity index (χ1) is 12.5. The normalized spacial score (nSPS) is 12.0. The largest absolute Gasteiger partial charge is 0.320 e. The Morgan fingerprint density at radius 2 is 1.65 bits per heavy atom. The van der Waals surface area contributed by atoms with Crippen LogP contribution in [-0.4, -0.2) is 21.3 Å². The van der Waals surface area contributed by atoms with Crippen LogP contribution in [0.2, 0.25) is 0 Å². The summed E-state index contributed by atoms with van der Waals surface area (Å²) in [6.45, 7) is 1.79. The summed E-state index contributed by atoms with van der Waals surface area (Å²) in [7, 11) is 1.78. The number of nitrogens with one attached hydrogen (secondary N) is 1. The SMILES string of the molecule is Cc1c(NC(=O)[C@@H](N)Cc2ccccc2)c(=O)n(-c2ccccc2)n1C. The summed E-state index contributed by atoms with van der Waals surface area (Å²) >= 11 is 0. The Labute approximate surface area is 151 Å². The van der Waals surface area contributed by atoms with Crippen molar-refractivity contribution in [3.8, 4) is 5.69 Å². The van der Waals surface area contributed by atoms with Crippen LogP contribution in [0.15, 0.2) is 65.5 Å². The predicted octanol–water partition coefficient (Wildman–Crippen LogP) is 1.99. The molecular weight excluding hydrogens is 328 g/mol. The van der Waals surface area contributed by atoms with Crippen molar-refractivity contribution in [1.29, 1.82) is 0 Å². The van der Waals surface area contributed by atoms with E-state index in [1.165, 1.54) is 4.68 Å². The molecule has 0 aliphatic carbocycles. The number of carbonyl (C=O) groups excluding carboxylic acids is 1. The molecule has 0 saturated heterocycles. The first-order valence-corrected chi connectivity index (χ1v) is 8.43. The molecule has 0 fully saturated rings. The van der Waals surface area contributed by atoms with Crippen molar-refractivity contribution in [2.45, 2.75) is 19.4 Å². The number of benzene rings is 2. The Kier molecular flexibility index (Phi) is 5.04. The molecule has 0 aliphatic rings. The number of rotatable bonds is 5. The van der Waals surface area contributed by atoms with Crippen LogP contribution < -0.4 is 16.6 Å². The Bertz CT molecular complexity index is 959. The van der Waals surface area contributed by atoms with E-state index in [1.54, 1.807) is 18.7 Å². The van der Waals surface area contributed by atoms with Crippen LogP contribution in [0.25, 0.3) is 5.69 Å². The van der Waals surface area contributed by atoms with Crippen LogP contribution in [0.5, 0.6) is 0 Å². The molecule has 0 bridgehead atoms. The van der Waals surface area contributed by atoms with Gasteiger partial charge in [0.2, 0.25) is 5.91 Å². The van der Waals surface area contributed by atoms with Crippen LogP contribution in [0.1, 0.15) is 11.3 Å². The van der Waals surface area contributed by atoms with E-state index in [4.69, 9.17) is 5.73 Å². The van der Waals surface area contributed by atoms with E-state index in [0.29, 0.717) is 12.1 Å². The summed E-state index contributed by atoms with van der Waals surface area (Å²) in [5, 5.41) is 2.71. The van der Waals surface area contributed by atoms with E-state index in [0.717, 1.165) is 11.3 Å². The van der Waals surface area contributed by atoms with Crippen molar-refractivity contribution in [2.24, 2.45) is 12.8 Å². The first kappa shape index (κ1) is 17.7. The van der Waals surface area contributed by atoms with E-state index in [1.807, 2.05) is 60.7 Å². The van der Waals surface area contributed by atoms with E-state index >= 15 is 0 Å². The van der Waals surface area contributed by atoms with Crippen molar-refractivity contribution >= 4 is 11.6 Å². The maximum atomic E-state index is 12.8. The van der Waals surface area contributed by atoms with Crippen LogP contribution in [0.3, 0.4) is 0 Å². The Morgan fingerprint density at radius 1 is 1.08 bits per heavy atom. The molecule has 2 aromatic carbocycles. The standard InChI is InChI=1S/C20H22N4O2/c1-14-18(20(26)24(23(14)2)16-11-7-4-8-12-16)22-19(25)17(21)13-15-9-5-3-6-10-15/h3-12,17H,13,21H2,1-2H3,(H,22,25)/t17-/m0/s1. The molecule has 134 valence electrons. The average Bonchev–Trinajstić information content (AvgIpc) is 2.86. The van der Waals surface area contributed by atoms with Crippen molar-refractivity contribution in [3.05, 3.63) is 82.3 Å². The molecule has 3 N–H and O–H groups in total. The number of amides is 1. The third kappa shape index (κ3) is 3.45. The lowest BCUT2D eigenvalue weighted by molar-refractivity contribution is -0.117. The van der Waals surface area contributed by atoms with Gasteiger partial charge in [-0.2, -0.15) is 0 Å². The number of nitrogens with two attached hydrogens (primary N) is 1. The van der Waals surface area contributed by atoms with Gasteiger partial charge in [-0.15, -0.1) is 0 Å². The zero-order valence-corrected chi connectivity index (χ0v) is 14.8. The molecule has 6 heteroatoms. The third-order valence-electron chi connectivity index (χ3n) is 4.44. The van der Waals surface area contributed by atoms with Crippen molar-refractivity contribution in [1.82, 2.24) is 9.36 Å². The van der Waals surface area contributed by atoms with Crippen LogP contribution in [0.4, 0.5) is 5.69 Å². The monoisotopic (exact) mass is 350 g/mol. The highest BCUT2D eigenvalue weighted by Gasteiger charge is 2.21. The van der Waals surface area contributed by atoms with Gasteiger partial charge in [0, 0.05) is 7.05 Å². The molecule has 0 aliphatic heterocycles. The van der Waals surface area contributed by atoms with Gasteiger partial charge in [-0.05, 0) is 31.0 Å². The van der Waals surface area contributed by atoms with Gasteiger partial charge in [-0.3, -0.25) is 14.3 Å². The van der Waals surface area contributed by atoms with Gasteiger partial charge in [0.1, 0.15) is 5.69 Å². The van der Waals surface area contributed by atoms with Crippen molar-refractivity contribution in [2.75, 3.05) is 5.32 Å². The fourth-order valence-electron chi connectivity index (χ4n) is 2.89. The summed E-state index contributed by atoms with van der Waals surface area (Å²) in [5.41, 5.74) is 8.37. The summed E-state index contributed by atoms with van der Waals surface area (Å²) < 4.78 is 3.24. The highest BCUT2D eigenvalue weighted by molar-refractivity contribution is 5.95. The first-order valence-electron chi connectivity index (χ1n) is 8.43. The number of para-hydroxylation sites is 1. The molecule has 0 spiro atoms. The van der Waals surface area contributed by atoms with Gasteiger partial charge < -0.3 is 11.1 Å². The van der Waals surface area contributed by atoms with E-state index in [2.05, 4.69) is 5.32 Å². The van der Waals surface area contributed by atoms with E-state index in [9.17, 15) is 9.59 Å². The lowest BCUT2D eigenvalue weighted by Crippen LogP contribution is -2.38. The zero-order valence-electron chi connectivity index (χ0n) is 14.8. The molecule has 0 saturated carbocycles. The predicted molar refractivity (Wildman–Crippen MR) is 102 cm³/mol. The van der Waals surface area contributed by atoms with Crippen LogP contribution in [0, 0.1) is 6.92 Å². The molecule has 26 heavy (non-hydrogen) atoms. The number of nitrogens with zero attached hydrogens (tertiary/aromatic N) is 2. The van der Waals surface area contributed by atoms with E-state index in [-0.39, 0.29) is 17.2 Å². The molecule has 1 atom stereocenters. The molecular formula is C20H22N4O2. The smallest absolute Gasteiger partial charge is 0.295 e. The topological polar surface area (TPSA) is 82.1 Å². The Hall–Kier alpha value is -3.12. The number of carbonyl (C=O) groups is 1. The summed E-state index contributed by atoms with van der Waals surface area (Å²) in [4.78, 5) is 25.3. The molecule has 0 radical (unpaired) electrons. The lowest BCUT2D eigenvalue weighted by atomic mass is 10.1. The fourth-order valence-corrected chi connectivity index (χ4v) is 2.89. The lowest BCUT2D eigenvalue weighted by Gasteiger charge is -2.11. The second kappa shape index (κ2) is 7.41. The minimum Gasteiger partial charge on any atom is -0.320 e. The fraction of sp³-hybridized carbons (Fsp3) is 0.200. The molecule has 3 aromatic rings. The maximum absolute atomic E-state index is 12.8. The number of hydrogen-bond acceptors (Lipinski definition) is 3. The van der Waals surface area contributed by atoms with Crippen molar-refractivity contribution in [3.63, 3.8) is 0 Å². The molecule has 1 aromatic heterocycles. The highest BCUT2D eigenvalue weighted by Crippen LogP contribution is 2.14. The van der Waals surface area contributed by atoms with Gasteiger partial charge >= 0.3 is 0 Å². The highest BCUT2D eigenvalue weighted by atomic mass is 16.2. The maximum Gasteiger partial charge on any atom is 0.295 e. The Morgan fingerprint density at radius 3 is 2.27 bits per heavy atom. The molecule has 6 nitrogen and oxygen atoms in total. The van der Waals surface area contributed by atoms with Gasteiger partial charge in [0.05, 0.1) is 17.4 Å². The average molecular weight is 350 g/mol. The second-order valence-corrected chi connectivity index (χ2v) is 6.22. The number of aromatic nitrogens is 2. The minimum absolute atomic E-state index is 0.255. The third-order valence-corrected chi connectivity index (χ3v) is 4.44. The Balaban J connectivity index is 1.84. The van der Waals surface area contributed by atoms with Gasteiger partial charge in [0.15, 0.2) is 0 Å². The summed E-state index contributed by atoms with van der Waals surface area (Å²) in [6, 6.07) is 18.1. The summed E-state index contributed by atoms with van der Waals surface area (Å²) in [6.07, 6.45) is 0.408. The van der Waals surface area contributed by atoms with Crippen LogP contribution >= 0.6 is 0 Å². The quantitative estimate of drug-likeness (QED) is 0.738. The zero-order chi connectivity index (χ0) is 18.7. The van der Waals surface area contributed by atoms with Gasteiger partial charge in [-0.25, -0.2) is 4.68 Å². The number of hydrogen-bond donors (Lipinski definition) is 2. The number of anilines is 1. The molecule has 3 rings (SSSR count). The summed E-state index contributed by atoms with van der Waals surface area (Å²) in [5.74, 6) is -0.375. The molecule has 0 unspecified atom stereocenters. The van der Waals surface area contributed by atoms with Crippen LogP contribution in [-0.2, 0) is 18.3 Å². The van der Waals surface area contributed by atoms with E-state index < -0.39 is 6.04 Å². The minimum atomic E-state index is -0.735. The molecule has 1 heterocycles.